The van der Waals surface area contributed by atoms with Crippen LogP contribution in [0.25, 0.3) is 10.8 Å². The number of hydrogen-bond acceptors (Lipinski definition) is 2. The van der Waals surface area contributed by atoms with Gasteiger partial charge in [-0.05, 0) is 117 Å². The molecule has 0 bridgehead atoms. The molecule has 1 aliphatic carbocycles. The molecule has 0 spiro atoms. The van der Waals surface area contributed by atoms with E-state index in [1.165, 1.54) is 77.5 Å². The Morgan fingerprint density at radius 1 is 0.431 bits per heavy atom. The number of benzene rings is 6. The monoisotopic (exact) mass is 710 g/mol. The second kappa shape index (κ2) is 14.2. The summed E-state index contributed by atoms with van der Waals surface area (Å²) in [5.74, 6) is 0.362. The number of aliphatic imine (C=N–C) groups is 2. The van der Waals surface area contributed by atoms with E-state index in [0.717, 1.165) is 33.9 Å². The molecule has 0 aliphatic heterocycles. The zero-order valence-corrected chi connectivity index (χ0v) is 32.6. The molecular formula is C48H48N2Ni. The van der Waals surface area contributed by atoms with E-state index in [2.05, 4.69) is 166 Å². The molecule has 0 amide bonds. The van der Waals surface area contributed by atoms with Gasteiger partial charge in [-0.25, -0.2) is 9.98 Å². The van der Waals surface area contributed by atoms with E-state index < -0.39 is 0 Å². The Kier molecular flexibility index (Phi) is 10.1. The van der Waals surface area contributed by atoms with Crippen LogP contribution in [0.3, 0.4) is 0 Å². The van der Waals surface area contributed by atoms with Crippen LogP contribution in [0, 0.1) is 55.4 Å². The molecule has 1 aliphatic rings. The molecule has 2 atom stereocenters. The Morgan fingerprint density at radius 2 is 0.804 bits per heavy atom. The van der Waals surface area contributed by atoms with Gasteiger partial charge in [-0.15, -0.1) is 0 Å². The largest absolute Gasteiger partial charge is 0.246 e. The molecule has 3 heteroatoms. The van der Waals surface area contributed by atoms with Gasteiger partial charge in [0.1, 0.15) is 0 Å². The minimum absolute atomic E-state index is 0. The van der Waals surface area contributed by atoms with E-state index in [0.29, 0.717) is 0 Å². The molecule has 0 aromatic heterocycles. The number of aryl methyl sites for hydroxylation is 8. The van der Waals surface area contributed by atoms with Crippen LogP contribution in [-0.4, -0.2) is 11.4 Å². The van der Waals surface area contributed by atoms with Crippen LogP contribution in [-0.2, 0) is 16.5 Å². The van der Waals surface area contributed by atoms with Crippen molar-refractivity contribution in [3.8, 4) is 0 Å². The maximum Gasteiger partial charge on any atom is 0.0978 e. The number of hydrogen-bond donors (Lipinski definition) is 0. The first-order valence-corrected chi connectivity index (χ1v) is 18.0. The summed E-state index contributed by atoms with van der Waals surface area (Å²) in [6.45, 7) is 22.4. The maximum atomic E-state index is 5.61. The van der Waals surface area contributed by atoms with Crippen LogP contribution in [0.2, 0.25) is 0 Å². The molecule has 6 aromatic rings. The third kappa shape index (κ3) is 6.65. The summed E-state index contributed by atoms with van der Waals surface area (Å²) in [6.07, 6.45) is 0. The second-order valence-corrected chi connectivity index (χ2v) is 14.8. The third-order valence-corrected chi connectivity index (χ3v) is 10.7. The van der Waals surface area contributed by atoms with Gasteiger partial charge in [0.05, 0.1) is 22.8 Å². The van der Waals surface area contributed by atoms with Crippen LogP contribution < -0.4 is 0 Å². The number of nitrogens with zero attached hydrogens (tertiary/aromatic N) is 2. The fourth-order valence-corrected chi connectivity index (χ4v) is 8.76. The Labute approximate surface area is 314 Å². The van der Waals surface area contributed by atoms with Gasteiger partial charge in [0.15, 0.2) is 0 Å². The van der Waals surface area contributed by atoms with Gasteiger partial charge >= 0.3 is 0 Å². The van der Waals surface area contributed by atoms with Crippen LogP contribution >= 0.6 is 0 Å². The van der Waals surface area contributed by atoms with Gasteiger partial charge in [-0.3, -0.25) is 0 Å². The molecule has 7 rings (SSSR count). The van der Waals surface area contributed by atoms with Crippen LogP contribution in [0.1, 0.15) is 104 Å². The van der Waals surface area contributed by atoms with Crippen molar-refractivity contribution in [2.45, 2.75) is 81.1 Å². The molecule has 0 radical (unpaired) electrons. The normalized spacial score (nSPS) is 15.0. The quantitative estimate of drug-likeness (QED) is 0.154. The summed E-state index contributed by atoms with van der Waals surface area (Å²) in [7, 11) is 0. The zero-order chi connectivity index (χ0) is 35.4. The average Bonchev–Trinajstić information content (AvgIpc) is 3.34. The second-order valence-electron chi connectivity index (χ2n) is 14.8. The van der Waals surface area contributed by atoms with Crippen molar-refractivity contribution in [1.82, 2.24) is 0 Å². The molecule has 0 fully saturated rings. The first kappa shape index (κ1) is 36.2. The van der Waals surface area contributed by atoms with E-state index >= 15 is 0 Å². The molecule has 0 N–H and O–H groups in total. The molecule has 260 valence electrons. The van der Waals surface area contributed by atoms with Crippen molar-refractivity contribution in [2.75, 3.05) is 0 Å². The van der Waals surface area contributed by atoms with E-state index in [-0.39, 0.29) is 28.3 Å². The van der Waals surface area contributed by atoms with Crippen molar-refractivity contribution in [2.24, 2.45) is 9.98 Å². The number of rotatable bonds is 6. The average molecular weight is 712 g/mol. The summed E-state index contributed by atoms with van der Waals surface area (Å²) in [5.41, 5.74) is 21.8. The van der Waals surface area contributed by atoms with Crippen molar-refractivity contribution in [3.05, 3.63) is 175 Å². The summed E-state index contributed by atoms with van der Waals surface area (Å²) in [5, 5.41) is 2.44. The smallest absolute Gasteiger partial charge is 0.0978 e. The summed E-state index contributed by atoms with van der Waals surface area (Å²) >= 11 is 0. The first-order valence-electron chi connectivity index (χ1n) is 18.0. The van der Waals surface area contributed by atoms with Crippen molar-refractivity contribution >= 4 is 33.6 Å². The fourth-order valence-electron chi connectivity index (χ4n) is 8.76. The van der Waals surface area contributed by atoms with Crippen molar-refractivity contribution in [1.29, 1.82) is 0 Å². The third-order valence-electron chi connectivity index (χ3n) is 10.7. The summed E-state index contributed by atoms with van der Waals surface area (Å²) in [6, 6.07) is 35.8. The van der Waals surface area contributed by atoms with Gasteiger partial charge in [0, 0.05) is 44.8 Å². The predicted molar refractivity (Wildman–Crippen MR) is 215 cm³/mol. The molecule has 2 nitrogen and oxygen atoms in total. The van der Waals surface area contributed by atoms with Gasteiger partial charge in [-0.1, -0.05) is 121 Å². The van der Waals surface area contributed by atoms with Crippen molar-refractivity contribution < 1.29 is 16.5 Å². The minimum Gasteiger partial charge on any atom is -0.246 e. The first-order chi connectivity index (χ1) is 23.9. The molecular weight excluding hydrogens is 663 g/mol. The Balaban J connectivity index is 0.00000448. The van der Waals surface area contributed by atoms with Gasteiger partial charge in [0.2, 0.25) is 0 Å². The SMILES string of the molecule is Cc1cc(C)c(C(C)c2cc(C)ccc2N=C2C(=Nc3ccc(C)cc3C(C)c3c(C)cc(C)cc3C)c3cccc4cccc2c34)c(C)c1.[Ni]. The molecule has 2 unspecified atom stereocenters. The minimum atomic E-state index is 0. The van der Waals surface area contributed by atoms with E-state index in [1.807, 2.05) is 0 Å². The maximum absolute atomic E-state index is 5.61. The fraction of sp³-hybridized carbons (Fsp3) is 0.250. The van der Waals surface area contributed by atoms with E-state index in [4.69, 9.17) is 9.98 Å². The topological polar surface area (TPSA) is 24.7 Å². The molecule has 0 saturated heterocycles. The molecule has 51 heavy (non-hydrogen) atoms. The Bertz CT molecular complexity index is 2180. The molecule has 6 aromatic carbocycles. The van der Waals surface area contributed by atoms with Gasteiger partial charge < -0.3 is 0 Å². The summed E-state index contributed by atoms with van der Waals surface area (Å²) < 4.78 is 0. The van der Waals surface area contributed by atoms with E-state index in [9.17, 15) is 0 Å². The Hall–Kier alpha value is -4.59. The Morgan fingerprint density at radius 3 is 1.18 bits per heavy atom. The van der Waals surface area contributed by atoms with Crippen molar-refractivity contribution in [3.63, 3.8) is 0 Å². The van der Waals surface area contributed by atoms with Gasteiger partial charge in [0.25, 0.3) is 0 Å². The van der Waals surface area contributed by atoms with Crippen LogP contribution in [0.15, 0.2) is 107 Å². The standard InChI is InChI=1S/C48H48N2.Ni/c1-27-17-19-42(40(25-27)35(9)44-31(5)21-29(3)22-32(44)6)49-47-38-15-11-13-37-14-12-16-39(46(37)38)48(47)50-43-20-18-28(2)26-41(43)36(10)45-33(7)23-30(4)24-34(45)8;/h11-26,35-36H,1-10H3;. The molecule has 0 saturated carbocycles. The predicted octanol–water partition coefficient (Wildman–Crippen LogP) is 12.9. The van der Waals surface area contributed by atoms with Crippen LogP contribution in [0.5, 0.6) is 0 Å². The van der Waals surface area contributed by atoms with Crippen LogP contribution in [0.4, 0.5) is 11.4 Å². The zero-order valence-electron chi connectivity index (χ0n) is 31.6. The van der Waals surface area contributed by atoms with Gasteiger partial charge in [-0.2, -0.15) is 0 Å². The summed E-state index contributed by atoms with van der Waals surface area (Å²) in [4.78, 5) is 11.2. The van der Waals surface area contributed by atoms with E-state index in [1.54, 1.807) is 0 Å². The molecule has 0 heterocycles.